The highest BCUT2D eigenvalue weighted by Gasteiger charge is 2.19. The molecule has 0 unspecified atom stereocenters. The van der Waals surface area contributed by atoms with E-state index in [2.05, 4.69) is 44.6 Å². The molecule has 1 aliphatic heterocycles. The third kappa shape index (κ3) is 6.39. The maximum absolute atomic E-state index is 15.8. The van der Waals surface area contributed by atoms with E-state index < -0.39 is 0 Å². The lowest BCUT2D eigenvalue weighted by atomic mass is 9.98. The number of anilines is 2. The number of nitrogen functional groups attached to an aromatic ring is 1. The predicted molar refractivity (Wildman–Crippen MR) is 154 cm³/mol. The van der Waals surface area contributed by atoms with Crippen molar-refractivity contribution in [3.63, 3.8) is 0 Å². The van der Waals surface area contributed by atoms with Gasteiger partial charge in [-0.1, -0.05) is 12.7 Å². The second-order valence-electron chi connectivity index (χ2n) is 9.28. The first-order valence-corrected chi connectivity index (χ1v) is 12.7. The van der Waals surface area contributed by atoms with E-state index in [1.54, 1.807) is 24.4 Å². The molecule has 0 amide bonds. The summed E-state index contributed by atoms with van der Waals surface area (Å²) >= 11 is 0. The van der Waals surface area contributed by atoms with Crippen molar-refractivity contribution in [1.29, 1.82) is 0 Å². The number of aromatic nitrogens is 3. The van der Waals surface area contributed by atoms with Gasteiger partial charge in [-0.05, 0) is 76.0 Å². The first kappa shape index (κ1) is 27.5. The summed E-state index contributed by atoms with van der Waals surface area (Å²) in [6.45, 7) is 11.9. The lowest BCUT2D eigenvalue weighted by Crippen LogP contribution is -2.29. The van der Waals surface area contributed by atoms with Gasteiger partial charge in [0.05, 0.1) is 5.69 Å². The van der Waals surface area contributed by atoms with E-state index in [1.807, 2.05) is 39.0 Å². The number of nitrogens with one attached hydrogen (secondary N) is 2. The Kier molecular flexibility index (Phi) is 9.51. The molecule has 3 aromatic rings. The summed E-state index contributed by atoms with van der Waals surface area (Å²) in [5, 5.41) is 3.33. The fourth-order valence-corrected chi connectivity index (χ4v) is 4.61. The SMILES string of the molecule is C#C.C=C/C(=C\C(=C/C)c1ccc(N)c(Cc2nc3nccc(N4CCCCC4)c3[nH]2)c1F)NC(C)C. The number of aromatic amines is 1. The van der Waals surface area contributed by atoms with Gasteiger partial charge in [0.15, 0.2) is 5.65 Å². The van der Waals surface area contributed by atoms with Crippen LogP contribution in [-0.4, -0.2) is 34.1 Å². The molecule has 4 N–H and O–H groups in total. The fourth-order valence-electron chi connectivity index (χ4n) is 4.61. The number of benzene rings is 1. The molecule has 4 rings (SSSR count). The molecule has 0 spiro atoms. The summed E-state index contributed by atoms with van der Waals surface area (Å²) in [6, 6.07) is 5.75. The van der Waals surface area contributed by atoms with Crippen molar-refractivity contribution in [1.82, 2.24) is 20.3 Å². The minimum atomic E-state index is -0.341. The Morgan fingerprint density at radius 3 is 2.62 bits per heavy atom. The minimum Gasteiger partial charge on any atom is -0.398 e. The Bertz CT molecular complexity index is 1310. The third-order valence-electron chi connectivity index (χ3n) is 6.35. The number of fused-ring (bicyclic) bond motifs is 1. The van der Waals surface area contributed by atoms with Gasteiger partial charge in [0, 0.05) is 54.3 Å². The van der Waals surface area contributed by atoms with Crippen molar-refractivity contribution in [2.75, 3.05) is 23.7 Å². The van der Waals surface area contributed by atoms with Gasteiger partial charge in [0.25, 0.3) is 0 Å². The number of piperidine rings is 1. The molecule has 3 heterocycles. The number of allylic oxidation sites excluding steroid dienone is 4. The Morgan fingerprint density at radius 1 is 1.24 bits per heavy atom. The number of terminal acetylenes is 1. The van der Waals surface area contributed by atoms with Gasteiger partial charge in [0.1, 0.15) is 17.2 Å². The van der Waals surface area contributed by atoms with Crippen LogP contribution < -0.4 is 16.0 Å². The predicted octanol–water partition coefficient (Wildman–Crippen LogP) is 5.98. The smallest absolute Gasteiger partial charge is 0.179 e. The Labute approximate surface area is 219 Å². The van der Waals surface area contributed by atoms with Crippen LogP contribution in [0.3, 0.4) is 0 Å². The number of imidazole rings is 1. The van der Waals surface area contributed by atoms with Gasteiger partial charge in [-0.3, -0.25) is 0 Å². The molecule has 37 heavy (non-hydrogen) atoms. The van der Waals surface area contributed by atoms with Gasteiger partial charge < -0.3 is 20.9 Å². The van der Waals surface area contributed by atoms with Crippen LogP contribution in [0.5, 0.6) is 0 Å². The molecular formula is C30H37FN6. The molecule has 6 nitrogen and oxygen atoms in total. The first-order chi connectivity index (χ1) is 17.9. The molecule has 0 radical (unpaired) electrons. The maximum atomic E-state index is 15.8. The average Bonchev–Trinajstić information content (AvgIpc) is 3.33. The summed E-state index contributed by atoms with van der Waals surface area (Å²) in [6.07, 6.45) is 19.2. The van der Waals surface area contributed by atoms with E-state index in [9.17, 15) is 0 Å². The number of hydrogen-bond donors (Lipinski definition) is 3. The third-order valence-corrected chi connectivity index (χ3v) is 6.35. The lowest BCUT2D eigenvalue weighted by Gasteiger charge is -2.28. The Morgan fingerprint density at radius 2 is 1.97 bits per heavy atom. The van der Waals surface area contributed by atoms with Crippen molar-refractivity contribution >= 4 is 28.1 Å². The van der Waals surface area contributed by atoms with Gasteiger partial charge in [-0.25, -0.2) is 14.4 Å². The lowest BCUT2D eigenvalue weighted by molar-refractivity contribution is 0.578. The zero-order valence-corrected chi connectivity index (χ0v) is 22.0. The molecule has 1 aliphatic rings. The van der Waals surface area contributed by atoms with E-state index in [-0.39, 0.29) is 18.3 Å². The molecule has 1 saturated heterocycles. The first-order valence-electron chi connectivity index (χ1n) is 12.7. The fraction of sp³-hybridized carbons (Fsp3) is 0.333. The number of halogens is 1. The quantitative estimate of drug-likeness (QED) is 0.201. The van der Waals surface area contributed by atoms with Crippen molar-refractivity contribution in [2.45, 2.75) is 52.5 Å². The van der Waals surface area contributed by atoms with E-state index >= 15 is 4.39 Å². The molecule has 0 bridgehead atoms. The van der Waals surface area contributed by atoms with Crippen LogP contribution in [0.4, 0.5) is 15.8 Å². The van der Waals surface area contributed by atoms with Crippen molar-refractivity contribution in [2.24, 2.45) is 0 Å². The van der Waals surface area contributed by atoms with Crippen LogP contribution in [-0.2, 0) is 6.42 Å². The summed E-state index contributed by atoms with van der Waals surface area (Å²) in [7, 11) is 0. The largest absolute Gasteiger partial charge is 0.398 e. The van der Waals surface area contributed by atoms with Gasteiger partial charge in [0.2, 0.25) is 0 Å². The van der Waals surface area contributed by atoms with Crippen LogP contribution in [0.1, 0.15) is 57.0 Å². The van der Waals surface area contributed by atoms with Gasteiger partial charge in [-0.2, -0.15) is 0 Å². The zero-order valence-electron chi connectivity index (χ0n) is 22.0. The van der Waals surface area contributed by atoms with E-state index in [0.717, 1.165) is 35.6 Å². The van der Waals surface area contributed by atoms with Crippen LogP contribution in [0.2, 0.25) is 0 Å². The average molecular weight is 501 g/mol. The Hall–Kier alpha value is -4.05. The molecule has 2 aromatic heterocycles. The second kappa shape index (κ2) is 12.8. The molecular weight excluding hydrogens is 463 g/mol. The van der Waals surface area contributed by atoms with E-state index in [0.29, 0.717) is 28.3 Å². The number of pyridine rings is 1. The van der Waals surface area contributed by atoms with Gasteiger partial charge >= 0.3 is 0 Å². The van der Waals surface area contributed by atoms with Gasteiger partial charge in [-0.15, -0.1) is 12.8 Å². The topological polar surface area (TPSA) is 82.9 Å². The summed E-state index contributed by atoms with van der Waals surface area (Å²) < 4.78 is 15.8. The number of nitrogens with two attached hydrogens (primary N) is 1. The maximum Gasteiger partial charge on any atom is 0.179 e. The minimum absolute atomic E-state index is 0.237. The highest BCUT2D eigenvalue weighted by molar-refractivity contribution is 5.86. The van der Waals surface area contributed by atoms with Crippen molar-refractivity contribution in [3.8, 4) is 12.8 Å². The highest BCUT2D eigenvalue weighted by Crippen LogP contribution is 2.30. The molecule has 0 saturated carbocycles. The van der Waals surface area contributed by atoms with Crippen LogP contribution in [0, 0.1) is 18.7 Å². The molecule has 1 aromatic carbocycles. The number of nitrogens with zero attached hydrogens (tertiary/aromatic N) is 3. The van der Waals surface area contributed by atoms with E-state index in [1.165, 1.54) is 19.3 Å². The van der Waals surface area contributed by atoms with Crippen LogP contribution in [0.25, 0.3) is 16.7 Å². The standard InChI is InChI=1S/C28H35FN6.C2H2/c1-5-19(16-20(6-2)32-18(3)4)21-10-11-23(30)22(26(21)29)17-25-33-27-24(12-13-31-28(27)34-25)35-14-8-7-9-15-35;1-2/h5-6,10-13,16,18,32H,2,7-9,14-15,17,30H2,1,3-4H3,(H,31,33,34);1-2H/b19-5+,20-16+;. The summed E-state index contributed by atoms with van der Waals surface area (Å²) in [5.74, 6) is 0.303. The summed E-state index contributed by atoms with van der Waals surface area (Å²) in [4.78, 5) is 14.9. The molecule has 0 atom stereocenters. The Balaban J connectivity index is 0.00000186. The molecule has 1 fully saturated rings. The number of H-pyrrole nitrogens is 1. The zero-order chi connectivity index (χ0) is 26.9. The number of rotatable bonds is 8. The highest BCUT2D eigenvalue weighted by atomic mass is 19.1. The van der Waals surface area contributed by atoms with Crippen molar-refractivity contribution < 1.29 is 4.39 Å². The normalized spacial score (nSPS) is 14.4. The molecule has 194 valence electrons. The van der Waals surface area contributed by atoms with Crippen LogP contribution in [0.15, 0.2) is 54.9 Å². The molecule has 7 heteroatoms. The monoisotopic (exact) mass is 500 g/mol. The summed E-state index contributed by atoms with van der Waals surface area (Å²) in [5.41, 5.74) is 11.8. The van der Waals surface area contributed by atoms with Crippen molar-refractivity contribution in [3.05, 3.63) is 77.7 Å². The molecule has 0 aliphatic carbocycles. The number of hydrogen-bond acceptors (Lipinski definition) is 5. The van der Waals surface area contributed by atoms with Crippen LogP contribution >= 0.6 is 0 Å². The van der Waals surface area contributed by atoms with E-state index in [4.69, 9.17) is 5.73 Å². The second-order valence-corrected chi connectivity index (χ2v) is 9.28.